The maximum absolute atomic E-state index is 12.5. The summed E-state index contributed by atoms with van der Waals surface area (Å²) in [4.78, 5) is 12.5. The lowest BCUT2D eigenvalue weighted by Gasteiger charge is -2.09. The maximum atomic E-state index is 12.5. The molecule has 1 aromatic heterocycles. The van der Waals surface area contributed by atoms with Gasteiger partial charge in [-0.2, -0.15) is 0 Å². The van der Waals surface area contributed by atoms with Crippen LogP contribution in [0.2, 0.25) is 0 Å². The van der Waals surface area contributed by atoms with E-state index in [1.165, 1.54) is 27.5 Å². The predicted octanol–water partition coefficient (Wildman–Crippen LogP) is 3.11. The molecule has 0 saturated heterocycles. The fourth-order valence-corrected chi connectivity index (χ4v) is 2.21. The minimum atomic E-state index is -4.75. The average molecular weight is 335 g/mol. The van der Waals surface area contributed by atoms with Crippen LogP contribution < -0.4 is 16.2 Å². The van der Waals surface area contributed by atoms with Gasteiger partial charge in [-0.3, -0.25) is 9.13 Å². The number of anilines is 1. The van der Waals surface area contributed by atoms with Crippen molar-refractivity contribution in [1.82, 2.24) is 9.13 Å². The van der Waals surface area contributed by atoms with Crippen LogP contribution in [0.5, 0.6) is 5.75 Å². The molecule has 8 heteroatoms. The lowest BCUT2D eigenvalue weighted by molar-refractivity contribution is -0.274. The van der Waals surface area contributed by atoms with Crippen LogP contribution in [0.3, 0.4) is 0 Å². The quantitative estimate of drug-likeness (QED) is 0.748. The number of nitrogens with two attached hydrogens (primary N) is 1. The van der Waals surface area contributed by atoms with Crippen LogP contribution in [0.1, 0.15) is 0 Å². The summed E-state index contributed by atoms with van der Waals surface area (Å²) in [5.41, 5.74) is 6.88. The molecule has 0 unspecified atom stereocenters. The van der Waals surface area contributed by atoms with Crippen molar-refractivity contribution in [2.45, 2.75) is 6.36 Å². The van der Waals surface area contributed by atoms with Gasteiger partial charge in [-0.25, -0.2) is 4.79 Å². The largest absolute Gasteiger partial charge is 0.573 e. The summed E-state index contributed by atoms with van der Waals surface area (Å²) in [5, 5.41) is 0. The second-order valence-electron chi connectivity index (χ2n) is 4.95. The third-order valence-electron chi connectivity index (χ3n) is 3.30. The summed E-state index contributed by atoms with van der Waals surface area (Å²) in [6.45, 7) is 0. The van der Waals surface area contributed by atoms with Gasteiger partial charge in [0.15, 0.2) is 0 Å². The third kappa shape index (κ3) is 3.27. The standard InChI is InChI=1S/C16H12F3N3O2/c17-16(18,19)24-14-7-5-13(6-8-14)22-10-9-21(15(22)23)12-3-1-11(20)2-4-12/h1-10H,20H2. The molecular formula is C16H12F3N3O2. The molecule has 0 aliphatic heterocycles. The van der Waals surface area contributed by atoms with E-state index in [-0.39, 0.29) is 11.4 Å². The fraction of sp³-hybridized carbons (Fsp3) is 0.0625. The molecule has 0 bridgehead atoms. The van der Waals surface area contributed by atoms with Crippen LogP contribution in [0.25, 0.3) is 11.4 Å². The van der Waals surface area contributed by atoms with Crippen LogP contribution in [0.15, 0.2) is 65.7 Å². The van der Waals surface area contributed by atoms with E-state index >= 15 is 0 Å². The molecule has 124 valence electrons. The number of hydrogen-bond acceptors (Lipinski definition) is 3. The van der Waals surface area contributed by atoms with E-state index < -0.39 is 6.36 Å². The van der Waals surface area contributed by atoms with Gasteiger partial charge in [0.1, 0.15) is 5.75 Å². The van der Waals surface area contributed by atoms with Crippen molar-refractivity contribution in [2.24, 2.45) is 0 Å². The highest BCUT2D eigenvalue weighted by Gasteiger charge is 2.30. The molecule has 0 amide bonds. The smallest absolute Gasteiger partial charge is 0.406 e. The van der Waals surface area contributed by atoms with Crippen LogP contribution >= 0.6 is 0 Å². The molecule has 24 heavy (non-hydrogen) atoms. The first-order valence-electron chi connectivity index (χ1n) is 6.85. The molecule has 0 saturated carbocycles. The van der Waals surface area contributed by atoms with Crippen molar-refractivity contribution >= 4 is 5.69 Å². The van der Waals surface area contributed by atoms with E-state index in [1.807, 2.05) is 0 Å². The van der Waals surface area contributed by atoms with Gasteiger partial charge in [-0.1, -0.05) is 0 Å². The number of alkyl halides is 3. The van der Waals surface area contributed by atoms with Crippen molar-refractivity contribution in [1.29, 1.82) is 0 Å². The minimum absolute atomic E-state index is 0.350. The van der Waals surface area contributed by atoms with Crippen molar-refractivity contribution in [3.63, 3.8) is 0 Å². The van der Waals surface area contributed by atoms with Crippen molar-refractivity contribution < 1.29 is 17.9 Å². The zero-order chi connectivity index (χ0) is 17.3. The first-order chi connectivity index (χ1) is 11.3. The maximum Gasteiger partial charge on any atom is 0.573 e. The number of rotatable bonds is 3. The Kier molecular flexibility index (Phi) is 3.80. The topological polar surface area (TPSA) is 62.2 Å². The van der Waals surface area contributed by atoms with E-state index in [4.69, 9.17) is 5.73 Å². The third-order valence-corrected chi connectivity index (χ3v) is 3.30. The van der Waals surface area contributed by atoms with Crippen molar-refractivity contribution in [3.8, 4) is 17.1 Å². The predicted molar refractivity (Wildman–Crippen MR) is 82.5 cm³/mol. The van der Waals surface area contributed by atoms with Gasteiger partial charge < -0.3 is 10.5 Å². The molecule has 0 atom stereocenters. The summed E-state index contributed by atoms with van der Waals surface area (Å²) in [7, 11) is 0. The summed E-state index contributed by atoms with van der Waals surface area (Å²) < 4.78 is 43.0. The molecule has 2 aromatic carbocycles. The van der Waals surface area contributed by atoms with E-state index in [0.717, 1.165) is 12.1 Å². The highest BCUT2D eigenvalue weighted by atomic mass is 19.4. The Bertz CT molecular complexity index is 894. The lowest BCUT2D eigenvalue weighted by Crippen LogP contribution is -2.21. The molecular weight excluding hydrogens is 323 g/mol. The van der Waals surface area contributed by atoms with Gasteiger partial charge in [0.25, 0.3) is 0 Å². The number of imidazole rings is 1. The Hall–Kier alpha value is -3.16. The number of aromatic nitrogens is 2. The Morgan fingerprint density at radius 2 is 1.29 bits per heavy atom. The lowest BCUT2D eigenvalue weighted by atomic mass is 10.3. The highest BCUT2D eigenvalue weighted by molar-refractivity contribution is 5.45. The van der Waals surface area contributed by atoms with Gasteiger partial charge in [-0.15, -0.1) is 13.2 Å². The van der Waals surface area contributed by atoms with E-state index in [0.29, 0.717) is 17.1 Å². The number of benzene rings is 2. The second kappa shape index (κ2) is 5.80. The number of nitrogen functional groups attached to an aromatic ring is 1. The molecule has 2 N–H and O–H groups in total. The first kappa shape index (κ1) is 15.7. The molecule has 0 aliphatic rings. The average Bonchev–Trinajstić information content (AvgIpc) is 2.89. The van der Waals surface area contributed by atoms with Crippen LogP contribution in [0.4, 0.5) is 18.9 Å². The molecule has 3 aromatic rings. The molecule has 1 heterocycles. The Balaban J connectivity index is 1.91. The van der Waals surface area contributed by atoms with Crippen LogP contribution in [-0.2, 0) is 0 Å². The van der Waals surface area contributed by atoms with Crippen molar-refractivity contribution in [2.75, 3.05) is 5.73 Å². The SMILES string of the molecule is Nc1ccc(-n2ccn(-c3ccc(OC(F)(F)F)cc3)c2=O)cc1. The summed E-state index contributed by atoms with van der Waals surface area (Å²) in [5.74, 6) is -0.350. The van der Waals surface area contributed by atoms with Gasteiger partial charge in [-0.05, 0) is 48.5 Å². The summed E-state index contributed by atoms with van der Waals surface area (Å²) >= 11 is 0. The number of hydrogen-bond donors (Lipinski definition) is 1. The van der Waals surface area contributed by atoms with Gasteiger partial charge in [0, 0.05) is 18.1 Å². The van der Waals surface area contributed by atoms with E-state index in [1.54, 1.807) is 30.5 Å². The zero-order valence-electron chi connectivity index (χ0n) is 12.2. The molecule has 0 spiro atoms. The van der Waals surface area contributed by atoms with Crippen molar-refractivity contribution in [3.05, 3.63) is 71.4 Å². The zero-order valence-corrected chi connectivity index (χ0v) is 12.2. The monoisotopic (exact) mass is 335 g/mol. The molecule has 0 radical (unpaired) electrons. The van der Waals surface area contributed by atoms with Gasteiger partial charge in [0.2, 0.25) is 0 Å². The fourth-order valence-electron chi connectivity index (χ4n) is 2.21. The molecule has 3 rings (SSSR count). The summed E-state index contributed by atoms with van der Waals surface area (Å²) in [6.07, 6.45) is -1.66. The van der Waals surface area contributed by atoms with E-state index in [9.17, 15) is 18.0 Å². The normalized spacial score (nSPS) is 11.5. The molecule has 0 fully saturated rings. The molecule has 5 nitrogen and oxygen atoms in total. The Morgan fingerprint density at radius 1 is 0.833 bits per heavy atom. The summed E-state index contributed by atoms with van der Waals surface area (Å²) in [6, 6.07) is 11.8. The number of ether oxygens (including phenoxy) is 1. The number of nitrogens with zero attached hydrogens (tertiary/aromatic N) is 2. The van der Waals surface area contributed by atoms with Crippen LogP contribution in [0, 0.1) is 0 Å². The van der Waals surface area contributed by atoms with Gasteiger partial charge in [0.05, 0.1) is 11.4 Å². The highest BCUT2D eigenvalue weighted by Crippen LogP contribution is 2.23. The second-order valence-corrected chi connectivity index (χ2v) is 4.95. The van der Waals surface area contributed by atoms with Gasteiger partial charge >= 0.3 is 12.1 Å². The first-order valence-corrected chi connectivity index (χ1v) is 6.85. The van der Waals surface area contributed by atoms with Crippen LogP contribution in [-0.4, -0.2) is 15.5 Å². The Labute approximate surface area is 134 Å². The minimum Gasteiger partial charge on any atom is -0.406 e. The number of halogens is 3. The molecule has 0 aliphatic carbocycles. The Morgan fingerprint density at radius 3 is 1.75 bits per heavy atom. The van der Waals surface area contributed by atoms with E-state index in [2.05, 4.69) is 4.74 Å².